The third-order valence-electron chi connectivity index (χ3n) is 4.58. The summed E-state index contributed by atoms with van der Waals surface area (Å²) in [4.78, 5) is 30.0. The monoisotopic (exact) mass is 460 g/mol. The number of benzene rings is 2. The molecule has 0 aliphatic rings. The van der Waals surface area contributed by atoms with E-state index in [1.54, 1.807) is 43.6 Å². The molecule has 0 saturated carbocycles. The molecular formula is C20H14Cl2N4O3S. The first-order valence-electron chi connectivity index (χ1n) is 8.66. The molecule has 0 fully saturated rings. The molecule has 2 aromatic carbocycles. The van der Waals surface area contributed by atoms with Gasteiger partial charge in [-0.3, -0.25) is 9.78 Å². The smallest absolute Gasteiger partial charge is 0.349 e. The first-order chi connectivity index (χ1) is 14.5. The van der Waals surface area contributed by atoms with Gasteiger partial charge in [-0.25, -0.2) is 9.78 Å². The van der Waals surface area contributed by atoms with Gasteiger partial charge in [0.15, 0.2) is 5.60 Å². The van der Waals surface area contributed by atoms with Crippen LogP contribution in [0.1, 0.15) is 16.1 Å². The molecule has 2 aromatic heterocycles. The average Bonchev–Trinajstić information content (AvgIpc) is 3.26. The van der Waals surface area contributed by atoms with Crippen molar-refractivity contribution in [2.75, 3.05) is 7.11 Å². The normalized spacial score (nSPS) is 13.2. The zero-order valence-corrected chi connectivity index (χ0v) is 17.8. The van der Waals surface area contributed by atoms with Gasteiger partial charge in [0, 0.05) is 34.3 Å². The molecule has 4 rings (SSSR count). The Balaban J connectivity index is 1.93. The van der Waals surface area contributed by atoms with Crippen LogP contribution < -0.4 is 11.2 Å². The van der Waals surface area contributed by atoms with Gasteiger partial charge in [-0.05, 0) is 29.8 Å². The van der Waals surface area contributed by atoms with Gasteiger partial charge in [0.25, 0.3) is 5.56 Å². The van der Waals surface area contributed by atoms with Gasteiger partial charge in [-0.1, -0.05) is 41.4 Å². The van der Waals surface area contributed by atoms with Crippen molar-refractivity contribution < 1.29 is 4.74 Å². The third-order valence-corrected chi connectivity index (χ3v) is 6.02. The van der Waals surface area contributed by atoms with E-state index in [2.05, 4.69) is 15.1 Å². The fourth-order valence-electron chi connectivity index (χ4n) is 3.25. The summed E-state index contributed by atoms with van der Waals surface area (Å²) < 4.78 is 7.10. The lowest BCUT2D eigenvalue weighted by atomic mass is 9.86. The Morgan fingerprint density at radius 2 is 1.90 bits per heavy atom. The predicted molar refractivity (Wildman–Crippen MR) is 116 cm³/mol. The molecule has 152 valence electrons. The third kappa shape index (κ3) is 3.48. The maximum Gasteiger partial charge on any atom is 0.349 e. The van der Waals surface area contributed by atoms with Crippen molar-refractivity contribution in [1.82, 2.24) is 19.7 Å². The van der Waals surface area contributed by atoms with Crippen LogP contribution in [-0.4, -0.2) is 26.9 Å². The molecule has 1 atom stereocenters. The van der Waals surface area contributed by atoms with Crippen LogP contribution >= 0.6 is 34.5 Å². The molecule has 1 N–H and O–H groups in total. The van der Waals surface area contributed by atoms with Gasteiger partial charge in [0.1, 0.15) is 11.2 Å². The number of rotatable bonds is 5. The van der Waals surface area contributed by atoms with Crippen LogP contribution in [0.25, 0.3) is 5.69 Å². The lowest BCUT2D eigenvalue weighted by Crippen LogP contribution is -2.32. The SMILES string of the molecule is COC(c1ccc(Cl)cc1)(c1nccs1)c1ccc(-n2ncc(=O)[nH]c2=O)cc1Cl. The molecule has 0 aliphatic carbocycles. The Hall–Kier alpha value is -2.78. The average molecular weight is 461 g/mol. The standard InChI is InChI=1S/C20H14Cl2N4O3S/c1-29-20(18-23-8-9-30-18,12-2-4-13(21)5-3-12)15-7-6-14(10-16(15)22)26-19(28)25-17(27)11-24-26/h2-11H,1H3,(H,25,27,28). The minimum atomic E-state index is -1.09. The number of aromatic nitrogens is 4. The van der Waals surface area contributed by atoms with E-state index < -0.39 is 16.9 Å². The number of hydrogen-bond acceptors (Lipinski definition) is 6. The largest absolute Gasteiger partial charge is 0.361 e. The van der Waals surface area contributed by atoms with Crippen molar-refractivity contribution in [3.63, 3.8) is 0 Å². The molecule has 2 heterocycles. The number of nitrogens with one attached hydrogen (secondary N) is 1. The van der Waals surface area contributed by atoms with Crippen LogP contribution in [0.15, 0.2) is 69.8 Å². The van der Waals surface area contributed by atoms with Gasteiger partial charge < -0.3 is 4.74 Å². The minimum absolute atomic E-state index is 0.333. The van der Waals surface area contributed by atoms with Gasteiger partial charge in [-0.2, -0.15) is 9.78 Å². The second-order valence-electron chi connectivity index (χ2n) is 6.24. The number of hydrogen-bond donors (Lipinski definition) is 1. The first-order valence-corrected chi connectivity index (χ1v) is 10.3. The van der Waals surface area contributed by atoms with Crippen LogP contribution in [-0.2, 0) is 10.3 Å². The van der Waals surface area contributed by atoms with Crippen LogP contribution in [0.5, 0.6) is 0 Å². The number of methoxy groups -OCH3 is 1. The van der Waals surface area contributed by atoms with E-state index in [4.69, 9.17) is 27.9 Å². The van der Waals surface area contributed by atoms with E-state index in [0.29, 0.717) is 26.3 Å². The number of thiazole rings is 1. The maximum atomic E-state index is 12.1. The Kier molecular flexibility index (Phi) is 5.57. The summed E-state index contributed by atoms with van der Waals surface area (Å²) in [6.07, 6.45) is 2.71. The maximum absolute atomic E-state index is 12.1. The van der Waals surface area contributed by atoms with Crippen LogP contribution in [0.3, 0.4) is 0 Å². The van der Waals surface area contributed by atoms with Gasteiger partial charge in [-0.15, -0.1) is 11.3 Å². The second kappa shape index (κ2) is 8.16. The van der Waals surface area contributed by atoms with Gasteiger partial charge >= 0.3 is 5.69 Å². The zero-order chi connectivity index (χ0) is 21.3. The molecule has 0 aliphatic heterocycles. The van der Waals surface area contributed by atoms with E-state index >= 15 is 0 Å². The lowest BCUT2D eigenvalue weighted by molar-refractivity contribution is 0.0583. The quantitative estimate of drug-likeness (QED) is 0.491. The van der Waals surface area contributed by atoms with Crippen LogP contribution in [0, 0.1) is 0 Å². The summed E-state index contributed by atoms with van der Waals surface area (Å²) >= 11 is 14.2. The molecule has 4 aromatic rings. The summed E-state index contributed by atoms with van der Waals surface area (Å²) in [5, 5.41) is 7.32. The molecule has 0 bridgehead atoms. The highest BCUT2D eigenvalue weighted by Crippen LogP contribution is 2.44. The highest BCUT2D eigenvalue weighted by molar-refractivity contribution is 7.09. The molecule has 0 radical (unpaired) electrons. The number of H-pyrrole nitrogens is 1. The van der Waals surface area contributed by atoms with Gasteiger partial charge in [0.05, 0.1) is 5.69 Å². The number of nitrogens with zero attached hydrogens (tertiary/aromatic N) is 3. The fraction of sp³-hybridized carbons (Fsp3) is 0.100. The molecule has 0 saturated heterocycles. The summed E-state index contributed by atoms with van der Waals surface area (Å²) in [5.41, 5.74) is -0.517. The number of halogens is 2. The van der Waals surface area contributed by atoms with E-state index in [1.807, 2.05) is 17.5 Å². The fourth-order valence-corrected chi connectivity index (χ4v) is 4.53. The number of ether oxygens (including phenoxy) is 1. The molecule has 1 unspecified atom stereocenters. The summed E-state index contributed by atoms with van der Waals surface area (Å²) in [6.45, 7) is 0. The highest BCUT2D eigenvalue weighted by Gasteiger charge is 2.41. The van der Waals surface area contributed by atoms with E-state index in [1.165, 1.54) is 11.3 Å². The molecular weight excluding hydrogens is 447 g/mol. The van der Waals surface area contributed by atoms with E-state index in [9.17, 15) is 9.59 Å². The van der Waals surface area contributed by atoms with E-state index in [-0.39, 0.29) is 0 Å². The Morgan fingerprint density at radius 3 is 2.50 bits per heavy atom. The van der Waals surface area contributed by atoms with Crippen molar-refractivity contribution >= 4 is 34.5 Å². The zero-order valence-electron chi connectivity index (χ0n) is 15.5. The molecule has 0 amide bonds. The topological polar surface area (TPSA) is 89.9 Å². The first kappa shape index (κ1) is 20.5. The van der Waals surface area contributed by atoms with Crippen LogP contribution in [0.2, 0.25) is 10.0 Å². The van der Waals surface area contributed by atoms with Crippen molar-refractivity contribution in [1.29, 1.82) is 0 Å². The second-order valence-corrected chi connectivity index (χ2v) is 7.98. The van der Waals surface area contributed by atoms with E-state index in [0.717, 1.165) is 16.4 Å². The van der Waals surface area contributed by atoms with Crippen LogP contribution in [0.4, 0.5) is 0 Å². The summed E-state index contributed by atoms with van der Waals surface area (Å²) in [5.74, 6) is 0. The molecule has 0 spiro atoms. The predicted octanol–water partition coefficient (Wildman–Crippen LogP) is 3.62. The van der Waals surface area contributed by atoms with Crippen molar-refractivity contribution in [3.05, 3.63) is 107 Å². The molecule has 10 heteroatoms. The molecule has 30 heavy (non-hydrogen) atoms. The van der Waals surface area contributed by atoms with Crippen molar-refractivity contribution in [3.8, 4) is 5.69 Å². The van der Waals surface area contributed by atoms with Gasteiger partial charge in [0.2, 0.25) is 0 Å². The van der Waals surface area contributed by atoms with Crippen molar-refractivity contribution in [2.24, 2.45) is 0 Å². The van der Waals surface area contributed by atoms with Crippen molar-refractivity contribution in [2.45, 2.75) is 5.60 Å². The minimum Gasteiger partial charge on any atom is -0.361 e. The summed E-state index contributed by atoms with van der Waals surface area (Å²) in [7, 11) is 1.58. The Labute approximate surface area is 184 Å². The summed E-state index contributed by atoms with van der Waals surface area (Å²) in [6, 6.07) is 12.2. The molecule has 7 nitrogen and oxygen atoms in total. The highest BCUT2D eigenvalue weighted by atomic mass is 35.5. The Bertz CT molecular complexity index is 1300. The lowest BCUT2D eigenvalue weighted by Gasteiger charge is -2.32. The number of aromatic amines is 1. The Morgan fingerprint density at radius 1 is 1.13 bits per heavy atom.